The Morgan fingerprint density at radius 1 is 1.16 bits per heavy atom. The lowest BCUT2D eigenvalue weighted by molar-refractivity contribution is -0.118. The van der Waals surface area contributed by atoms with Crippen LogP contribution in [0.1, 0.15) is 73.9 Å². The van der Waals surface area contributed by atoms with Gasteiger partial charge in [-0.25, -0.2) is 0 Å². The summed E-state index contributed by atoms with van der Waals surface area (Å²) in [5, 5.41) is 3.51. The Morgan fingerprint density at radius 2 is 1.84 bits per heavy atom. The third-order valence-corrected chi connectivity index (χ3v) is 5.33. The first-order valence-corrected chi connectivity index (χ1v) is 9.32. The fraction of sp³-hybridized carbons (Fsp3) is 0.524. The van der Waals surface area contributed by atoms with Crippen LogP contribution in [0, 0.1) is 5.92 Å². The van der Waals surface area contributed by atoms with Crippen LogP contribution in [0.2, 0.25) is 0 Å². The second-order valence-corrected chi connectivity index (χ2v) is 8.07. The number of carbonyl (C=O) groups is 2. The van der Waals surface area contributed by atoms with Crippen LogP contribution in [0.15, 0.2) is 24.3 Å². The molecule has 3 rings (SSSR count). The summed E-state index contributed by atoms with van der Waals surface area (Å²) >= 11 is 0. The molecule has 0 unspecified atom stereocenters. The highest BCUT2D eigenvalue weighted by Crippen LogP contribution is 2.31. The van der Waals surface area contributed by atoms with Gasteiger partial charge in [0.05, 0.1) is 0 Å². The Labute approximate surface area is 149 Å². The maximum Gasteiger partial charge on any atom is 0.248 e. The van der Waals surface area contributed by atoms with Gasteiger partial charge >= 0.3 is 0 Å². The number of allylic oxidation sites excluding steroid dienone is 1. The maximum absolute atomic E-state index is 12.8. The number of hydrogen-bond donors (Lipinski definition) is 2. The molecule has 1 aliphatic carbocycles. The number of ketones is 1. The number of rotatable bonds is 3. The van der Waals surface area contributed by atoms with Crippen molar-refractivity contribution >= 4 is 17.4 Å². The summed E-state index contributed by atoms with van der Waals surface area (Å²) in [7, 11) is 0. The van der Waals surface area contributed by atoms with Gasteiger partial charge in [-0.1, -0.05) is 31.7 Å². The van der Waals surface area contributed by atoms with E-state index in [1.807, 2.05) is 12.1 Å². The van der Waals surface area contributed by atoms with Gasteiger partial charge in [-0.3, -0.25) is 9.59 Å². The number of nitrogens with two attached hydrogens (primary N) is 1. The van der Waals surface area contributed by atoms with Crippen LogP contribution in [-0.2, 0) is 11.2 Å². The summed E-state index contributed by atoms with van der Waals surface area (Å²) in [6.45, 7) is 4.22. The Balaban J connectivity index is 1.93. The molecular formula is C21H28N2O2. The molecule has 4 nitrogen and oxygen atoms in total. The zero-order valence-electron chi connectivity index (χ0n) is 15.2. The van der Waals surface area contributed by atoms with Crippen LogP contribution in [0.3, 0.4) is 0 Å². The average molecular weight is 340 g/mol. The van der Waals surface area contributed by atoms with Crippen LogP contribution >= 0.6 is 0 Å². The second-order valence-electron chi connectivity index (χ2n) is 8.07. The highest BCUT2D eigenvalue weighted by Gasteiger charge is 2.29. The van der Waals surface area contributed by atoms with Gasteiger partial charge in [-0.15, -0.1) is 0 Å². The minimum Gasteiger partial charge on any atom is -0.379 e. The first-order valence-electron chi connectivity index (χ1n) is 9.32. The van der Waals surface area contributed by atoms with Crippen molar-refractivity contribution in [1.82, 2.24) is 5.32 Å². The molecule has 1 heterocycles. The Bertz CT molecular complexity index is 711. The highest BCUT2D eigenvalue weighted by molar-refractivity contribution is 5.99. The van der Waals surface area contributed by atoms with Gasteiger partial charge in [-0.2, -0.15) is 0 Å². The fourth-order valence-corrected chi connectivity index (χ4v) is 4.05. The first-order chi connectivity index (χ1) is 11.9. The molecule has 1 amide bonds. The molecule has 0 aromatic heterocycles. The van der Waals surface area contributed by atoms with E-state index in [9.17, 15) is 9.59 Å². The van der Waals surface area contributed by atoms with Gasteiger partial charge in [0, 0.05) is 34.4 Å². The molecule has 1 aromatic rings. The van der Waals surface area contributed by atoms with E-state index in [1.54, 1.807) is 12.1 Å². The Hall–Kier alpha value is -2.10. The van der Waals surface area contributed by atoms with Crippen LogP contribution in [0.5, 0.6) is 0 Å². The van der Waals surface area contributed by atoms with Gasteiger partial charge in [0.25, 0.3) is 0 Å². The summed E-state index contributed by atoms with van der Waals surface area (Å²) in [4.78, 5) is 24.3. The van der Waals surface area contributed by atoms with E-state index in [1.165, 1.54) is 12.8 Å². The number of benzene rings is 1. The van der Waals surface area contributed by atoms with Crippen molar-refractivity contribution < 1.29 is 9.59 Å². The third-order valence-electron chi connectivity index (χ3n) is 5.33. The maximum atomic E-state index is 12.8. The number of hydrogen-bond acceptors (Lipinski definition) is 3. The topological polar surface area (TPSA) is 72.2 Å². The Morgan fingerprint density at radius 3 is 2.48 bits per heavy atom. The van der Waals surface area contributed by atoms with E-state index in [4.69, 9.17) is 5.73 Å². The normalized spacial score (nSPS) is 21.9. The number of nitrogens with one attached hydrogen (secondary N) is 1. The van der Waals surface area contributed by atoms with Gasteiger partial charge < -0.3 is 11.1 Å². The third kappa shape index (κ3) is 4.12. The summed E-state index contributed by atoms with van der Waals surface area (Å²) in [6.07, 6.45) is 9.36. The lowest BCUT2D eigenvalue weighted by Gasteiger charge is -2.36. The van der Waals surface area contributed by atoms with E-state index in [0.29, 0.717) is 5.56 Å². The molecule has 0 saturated heterocycles. The quantitative estimate of drug-likeness (QED) is 0.652. The van der Waals surface area contributed by atoms with Crippen LogP contribution in [-0.4, -0.2) is 17.2 Å². The molecule has 4 heteroatoms. The van der Waals surface area contributed by atoms with E-state index in [2.05, 4.69) is 19.2 Å². The largest absolute Gasteiger partial charge is 0.379 e. The molecule has 1 saturated carbocycles. The lowest BCUT2D eigenvalue weighted by atomic mass is 9.84. The summed E-state index contributed by atoms with van der Waals surface area (Å²) < 4.78 is 0. The molecule has 2 aliphatic rings. The molecule has 0 spiro atoms. The predicted octanol–water partition coefficient (Wildman–Crippen LogP) is 3.59. The van der Waals surface area contributed by atoms with Crippen molar-refractivity contribution in [3.05, 3.63) is 41.0 Å². The van der Waals surface area contributed by atoms with E-state index in [0.717, 1.165) is 48.9 Å². The molecule has 1 aromatic carbocycles. The molecule has 134 valence electrons. The predicted molar refractivity (Wildman–Crippen MR) is 100 cm³/mol. The molecule has 1 fully saturated rings. The van der Waals surface area contributed by atoms with Crippen LogP contribution in [0.25, 0.3) is 5.70 Å². The van der Waals surface area contributed by atoms with Crippen molar-refractivity contribution in [1.29, 1.82) is 0 Å². The van der Waals surface area contributed by atoms with E-state index < -0.39 is 5.91 Å². The number of carbonyl (C=O) groups excluding carboxylic acids is 2. The molecule has 0 atom stereocenters. The Kier molecular flexibility index (Phi) is 4.98. The van der Waals surface area contributed by atoms with Crippen molar-refractivity contribution in [3.63, 3.8) is 0 Å². The zero-order chi connectivity index (χ0) is 18.0. The minimum absolute atomic E-state index is 0.148. The molecule has 1 aliphatic heterocycles. The lowest BCUT2D eigenvalue weighted by Crippen LogP contribution is -2.44. The molecular weight excluding hydrogens is 312 g/mol. The van der Waals surface area contributed by atoms with E-state index in [-0.39, 0.29) is 17.2 Å². The second kappa shape index (κ2) is 7.03. The van der Waals surface area contributed by atoms with E-state index >= 15 is 0 Å². The smallest absolute Gasteiger partial charge is 0.248 e. The first kappa shape index (κ1) is 17.7. The summed E-state index contributed by atoms with van der Waals surface area (Å²) in [5.74, 6) is -0.0404. The standard InChI is InChI=1S/C21H28N2O2/c1-21(2)13-16-11-15(20(22)25)9-10-17(16)18(23-21)12-19(24)14-7-5-3-4-6-8-14/h9-12,14,23H,3-8,13H2,1-2H3,(H2,22,25). The SMILES string of the molecule is CC1(C)Cc2cc(C(N)=O)ccc2C(=CC(=O)C2CCCCCC2)N1. The minimum atomic E-state index is -0.417. The number of amides is 1. The van der Waals surface area contributed by atoms with Crippen molar-refractivity contribution in [2.75, 3.05) is 0 Å². The van der Waals surface area contributed by atoms with Gasteiger partial charge in [-0.05, 0) is 50.8 Å². The average Bonchev–Trinajstić information content (AvgIpc) is 2.82. The van der Waals surface area contributed by atoms with Gasteiger partial charge in [0.1, 0.15) is 0 Å². The summed E-state index contributed by atoms with van der Waals surface area (Å²) in [5.41, 5.74) is 8.72. The molecule has 25 heavy (non-hydrogen) atoms. The number of primary amides is 1. The summed E-state index contributed by atoms with van der Waals surface area (Å²) in [6, 6.07) is 5.51. The van der Waals surface area contributed by atoms with Crippen molar-refractivity contribution in [3.8, 4) is 0 Å². The molecule has 0 bridgehead atoms. The molecule has 0 radical (unpaired) electrons. The zero-order valence-corrected chi connectivity index (χ0v) is 15.2. The highest BCUT2D eigenvalue weighted by atomic mass is 16.1. The fourth-order valence-electron chi connectivity index (χ4n) is 4.05. The monoisotopic (exact) mass is 340 g/mol. The number of fused-ring (bicyclic) bond motifs is 1. The molecule has 3 N–H and O–H groups in total. The van der Waals surface area contributed by atoms with Crippen LogP contribution < -0.4 is 11.1 Å². The van der Waals surface area contributed by atoms with Crippen molar-refractivity contribution in [2.24, 2.45) is 11.7 Å². The van der Waals surface area contributed by atoms with Gasteiger partial charge in [0.2, 0.25) is 5.91 Å². The van der Waals surface area contributed by atoms with Gasteiger partial charge in [0.15, 0.2) is 5.78 Å². The van der Waals surface area contributed by atoms with Crippen LogP contribution in [0.4, 0.5) is 0 Å². The van der Waals surface area contributed by atoms with Crippen molar-refractivity contribution in [2.45, 2.75) is 64.3 Å².